The Hall–Kier alpha value is -0.0500. The van der Waals surface area contributed by atoms with E-state index in [4.69, 9.17) is 0 Å². The molecule has 1 fully saturated rings. The maximum atomic E-state index is 11.5. The summed E-state index contributed by atoms with van der Waals surface area (Å²) < 4.78 is 23.1. The number of sulfone groups is 1. The van der Waals surface area contributed by atoms with Crippen LogP contribution in [0.3, 0.4) is 0 Å². The molecule has 1 atom stereocenters. The Kier molecular flexibility index (Phi) is 8.05. The largest absolute Gasteiger partial charge is 0.229 e. The third kappa shape index (κ3) is 6.78. The van der Waals surface area contributed by atoms with E-state index in [0.29, 0.717) is 17.4 Å². The molecule has 3 heteroatoms. The lowest BCUT2D eigenvalue weighted by molar-refractivity contribution is 0.260. The van der Waals surface area contributed by atoms with Crippen molar-refractivity contribution in [3.05, 3.63) is 0 Å². The van der Waals surface area contributed by atoms with E-state index in [-0.39, 0.29) is 0 Å². The molecule has 1 aliphatic heterocycles. The quantitative estimate of drug-likeness (QED) is 0.582. The Morgan fingerprint density at radius 3 is 2.05 bits per heavy atom. The van der Waals surface area contributed by atoms with Crippen LogP contribution in [0.25, 0.3) is 0 Å². The summed E-state index contributed by atoms with van der Waals surface area (Å²) in [6.07, 6.45) is 12.4. The summed E-state index contributed by atoms with van der Waals surface area (Å²) in [4.78, 5) is 0. The van der Waals surface area contributed by atoms with Crippen molar-refractivity contribution in [3.8, 4) is 0 Å². The zero-order valence-corrected chi connectivity index (χ0v) is 13.7. The summed E-state index contributed by atoms with van der Waals surface area (Å²) in [5.74, 6) is 2.34. The Morgan fingerprint density at radius 2 is 1.47 bits per heavy atom. The second kappa shape index (κ2) is 8.99. The lowest BCUT2D eigenvalue weighted by atomic mass is 9.80. The topological polar surface area (TPSA) is 34.1 Å². The van der Waals surface area contributed by atoms with Gasteiger partial charge in [0.15, 0.2) is 0 Å². The van der Waals surface area contributed by atoms with Gasteiger partial charge in [-0.3, -0.25) is 0 Å². The van der Waals surface area contributed by atoms with Gasteiger partial charge < -0.3 is 0 Å². The van der Waals surface area contributed by atoms with Crippen LogP contribution in [0.5, 0.6) is 0 Å². The molecule has 1 saturated heterocycles. The average molecular weight is 288 g/mol. The molecule has 0 saturated carbocycles. The first-order chi connectivity index (χ1) is 9.09. The van der Waals surface area contributed by atoms with Crippen LogP contribution >= 0.6 is 0 Å². The van der Waals surface area contributed by atoms with Gasteiger partial charge in [0.1, 0.15) is 9.84 Å². The minimum atomic E-state index is -2.70. The fourth-order valence-corrected chi connectivity index (χ4v) is 4.82. The summed E-state index contributed by atoms with van der Waals surface area (Å²) in [6, 6.07) is 0. The SMILES string of the molecule is CCCCCCC(CCCC)C1CCS(=O)(=O)CC1. The van der Waals surface area contributed by atoms with E-state index in [0.717, 1.165) is 18.8 Å². The molecule has 0 amide bonds. The zero-order chi connectivity index (χ0) is 14.1. The summed E-state index contributed by atoms with van der Waals surface area (Å²) in [5.41, 5.74) is 0. The molecular weight excluding hydrogens is 256 g/mol. The molecule has 0 aromatic carbocycles. The van der Waals surface area contributed by atoms with E-state index >= 15 is 0 Å². The second-order valence-corrected chi connectivity index (χ2v) is 8.54. The molecule has 2 nitrogen and oxygen atoms in total. The molecule has 1 rings (SSSR count). The number of hydrogen-bond donors (Lipinski definition) is 0. The van der Waals surface area contributed by atoms with Gasteiger partial charge in [-0.25, -0.2) is 8.42 Å². The molecule has 0 aromatic heterocycles. The summed E-state index contributed by atoms with van der Waals surface area (Å²) in [6.45, 7) is 4.50. The van der Waals surface area contributed by atoms with Gasteiger partial charge in [0.05, 0.1) is 11.5 Å². The third-order valence-corrected chi connectivity index (χ3v) is 6.34. The van der Waals surface area contributed by atoms with Gasteiger partial charge in [-0.2, -0.15) is 0 Å². The van der Waals surface area contributed by atoms with Gasteiger partial charge in [0, 0.05) is 0 Å². The highest BCUT2D eigenvalue weighted by Crippen LogP contribution is 2.33. The summed E-state index contributed by atoms with van der Waals surface area (Å²) in [5, 5.41) is 0. The van der Waals surface area contributed by atoms with Crippen molar-refractivity contribution in [2.45, 2.75) is 78.1 Å². The number of unbranched alkanes of at least 4 members (excludes halogenated alkanes) is 4. The van der Waals surface area contributed by atoms with Gasteiger partial charge >= 0.3 is 0 Å². The van der Waals surface area contributed by atoms with Crippen LogP contribution in [0.1, 0.15) is 78.1 Å². The molecule has 0 N–H and O–H groups in total. The van der Waals surface area contributed by atoms with E-state index in [1.807, 2.05) is 0 Å². The van der Waals surface area contributed by atoms with Gasteiger partial charge in [-0.05, 0) is 24.7 Å². The van der Waals surface area contributed by atoms with Gasteiger partial charge in [0.2, 0.25) is 0 Å². The molecule has 1 aliphatic rings. The fraction of sp³-hybridized carbons (Fsp3) is 1.00. The Labute approximate surface area is 120 Å². The Morgan fingerprint density at radius 1 is 0.895 bits per heavy atom. The lowest BCUT2D eigenvalue weighted by Gasteiger charge is -2.30. The number of hydrogen-bond acceptors (Lipinski definition) is 2. The predicted molar refractivity (Wildman–Crippen MR) is 83.2 cm³/mol. The van der Waals surface area contributed by atoms with E-state index < -0.39 is 9.84 Å². The summed E-state index contributed by atoms with van der Waals surface area (Å²) >= 11 is 0. The molecule has 19 heavy (non-hydrogen) atoms. The van der Waals surface area contributed by atoms with Crippen LogP contribution in [0, 0.1) is 11.8 Å². The van der Waals surface area contributed by atoms with Gasteiger partial charge in [-0.15, -0.1) is 0 Å². The predicted octanol–water partition coefficient (Wildman–Crippen LogP) is 4.59. The van der Waals surface area contributed by atoms with Crippen molar-refractivity contribution < 1.29 is 8.42 Å². The lowest BCUT2D eigenvalue weighted by Crippen LogP contribution is -2.28. The molecule has 114 valence electrons. The highest BCUT2D eigenvalue weighted by molar-refractivity contribution is 7.91. The first-order valence-electron chi connectivity index (χ1n) is 8.29. The number of rotatable bonds is 9. The molecule has 0 aliphatic carbocycles. The molecule has 1 heterocycles. The molecule has 1 unspecified atom stereocenters. The van der Waals surface area contributed by atoms with E-state index in [1.165, 1.54) is 51.4 Å². The van der Waals surface area contributed by atoms with Crippen LogP contribution in [0.4, 0.5) is 0 Å². The maximum Gasteiger partial charge on any atom is 0.150 e. The molecule has 0 bridgehead atoms. The van der Waals surface area contributed by atoms with E-state index in [9.17, 15) is 8.42 Å². The second-order valence-electron chi connectivity index (χ2n) is 6.24. The highest BCUT2D eigenvalue weighted by Gasteiger charge is 2.28. The third-order valence-electron chi connectivity index (χ3n) is 4.62. The van der Waals surface area contributed by atoms with Crippen LogP contribution in [-0.4, -0.2) is 19.9 Å². The van der Waals surface area contributed by atoms with Crippen LogP contribution in [-0.2, 0) is 9.84 Å². The zero-order valence-electron chi connectivity index (χ0n) is 12.9. The van der Waals surface area contributed by atoms with Crippen molar-refractivity contribution in [2.75, 3.05) is 11.5 Å². The first kappa shape index (κ1) is 17.0. The minimum Gasteiger partial charge on any atom is -0.229 e. The van der Waals surface area contributed by atoms with Crippen LogP contribution < -0.4 is 0 Å². The summed E-state index contributed by atoms with van der Waals surface area (Å²) in [7, 11) is -2.70. The maximum absolute atomic E-state index is 11.5. The normalized spacial score (nSPS) is 21.4. The average Bonchev–Trinajstić information content (AvgIpc) is 2.39. The smallest absolute Gasteiger partial charge is 0.150 e. The Balaban J connectivity index is 2.39. The van der Waals surface area contributed by atoms with Crippen molar-refractivity contribution in [1.29, 1.82) is 0 Å². The van der Waals surface area contributed by atoms with E-state index in [2.05, 4.69) is 13.8 Å². The molecular formula is C16H32O2S. The van der Waals surface area contributed by atoms with Gasteiger partial charge in [-0.1, -0.05) is 65.2 Å². The van der Waals surface area contributed by atoms with Crippen molar-refractivity contribution in [3.63, 3.8) is 0 Å². The monoisotopic (exact) mass is 288 g/mol. The molecule has 0 spiro atoms. The highest BCUT2D eigenvalue weighted by atomic mass is 32.2. The first-order valence-corrected chi connectivity index (χ1v) is 10.1. The van der Waals surface area contributed by atoms with Crippen molar-refractivity contribution >= 4 is 9.84 Å². The van der Waals surface area contributed by atoms with Gasteiger partial charge in [0.25, 0.3) is 0 Å². The Bertz CT molecular complexity index is 308. The van der Waals surface area contributed by atoms with Crippen LogP contribution in [0.2, 0.25) is 0 Å². The minimum absolute atomic E-state index is 0.440. The van der Waals surface area contributed by atoms with E-state index in [1.54, 1.807) is 0 Å². The fourth-order valence-electron chi connectivity index (χ4n) is 3.30. The molecule has 0 radical (unpaired) electrons. The standard InChI is InChI=1S/C16H32O2S/c1-3-5-7-8-10-15(9-6-4-2)16-11-13-19(17,18)14-12-16/h15-16H,3-14H2,1-2H3. The van der Waals surface area contributed by atoms with Crippen molar-refractivity contribution in [1.82, 2.24) is 0 Å². The van der Waals surface area contributed by atoms with Crippen LogP contribution in [0.15, 0.2) is 0 Å². The molecule has 0 aromatic rings. The van der Waals surface area contributed by atoms with Crippen molar-refractivity contribution in [2.24, 2.45) is 11.8 Å².